The molecule has 0 saturated carbocycles. The molecule has 9 nitrogen and oxygen atoms in total. The molecule has 1 fully saturated rings. The summed E-state index contributed by atoms with van der Waals surface area (Å²) < 4.78 is 57.0. The number of nitrogens with one attached hydrogen (secondary N) is 1. The average molecular weight is 459 g/mol. The molecule has 0 spiro atoms. The van der Waals surface area contributed by atoms with E-state index in [1.165, 1.54) is 23.7 Å². The van der Waals surface area contributed by atoms with E-state index >= 15 is 0 Å². The Labute approximate surface area is 177 Å². The monoisotopic (exact) mass is 458 g/mol. The number of ether oxygens (including phenoxy) is 1. The molecule has 2 heterocycles. The van der Waals surface area contributed by atoms with Gasteiger partial charge in [0.15, 0.2) is 11.6 Å². The van der Waals surface area contributed by atoms with E-state index in [0.717, 1.165) is 6.07 Å². The Balaban J connectivity index is 1.77. The van der Waals surface area contributed by atoms with Crippen LogP contribution in [-0.4, -0.2) is 53.8 Å². The van der Waals surface area contributed by atoms with Gasteiger partial charge in [-0.05, 0) is 25.0 Å². The van der Waals surface area contributed by atoms with Crippen LogP contribution in [0.15, 0.2) is 18.3 Å². The molecule has 1 saturated heterocycles. The van der Waals surface area contributed by atoms with Gasteiger partial charge in [-0.3, -0.25) is 0 Å². The number of rotatable bonds is 6. The van der Waals surface area contributed by atoms with E-state index in [4.69, 9.17) is 27.8 Å². The molecule has 0 bridgehead atoms. The molecule has 0 amide bonds. The van der Waals surface area contributed by atoms with Gasteiger partial charge in [0.25, 0.3) is 10.2 Å². The Bertz CT molecular complexity index is 1080. The number of nitrogens with two attached hydrogens (primary N) is 2. The van der Waals surface area contributed by atoms with E-state index in [2.05, 4.69) is 15.3 Å². The van der Waals surface area contributed by atoms with E-state index in [0.29, 0.717) is 12.8 Å². The summed E-state index contributed by atoms with van der Waals surface area (Å²) in [5, 5.41) is 8.20. The first-order valence-corrected chi connectivity index (χ1v) is 10.8. The Morgan fingerprint density at radius 2 is 2.00 bits per heavy atom. The molecular formula is C17H20F2N6O3S2. The van der Waals surface area contributed by atoms with Gasteiger partial charge in [0.05, 0.1) is 23.1 Å². The van der Waals surface area contributed by atoms with Crippen LogP contribution in [0.2, 0.25) is 0 Å². The molecule has 13 heteroatoms. The van der Waals surface area contributed by atoms with Crippen LogP contribution in [0.3, 0.4) is 0 Å². The summed E-state index contributed by atoms with van der Waals surface area (Å²) in [5.41, 5.74) is 5.90. The van der Waals surface area contributed by atoms with Gasteiger partial charge in [-0.2, -0.15) is 17.7 Å². The van der Waals surface area contributed by atoms with E-state index in [-0.39, 0.29) is 52.6 Å². The third-order valence-electron chi connectivity index (χ3n) is 4.71. The minimum Gasteiger partial charge on any atom is -0.496 e. The van der Waals surface area contributed by atoms with Crippen LogP contribution in [-0.2, 0) is 10.2 Å². The van der Waals surface area contributed by atoms with Gasteiger partial charge in [-0.1, -0.05) is 12.2 Å². The Kier molecular flexibility index (Phi) is 6.45. The first-order chi connectivity index (χ1) is 14.1. The number of halogens is 2. The third-order valence-corrected chi connectivity index (χ3v) is 6.22. The second kappa shape index (κ2) is 8.71. The van der Waals surface area contributed by atoms with Gasteiger partial charge in [0.1, 0.15) is 11.6 Å². The Morgan fingerprint density at radius 3 is 2.57 bits per heavy atom. The van der Waals surface area contributed by atoms with Crippen molar-refractivity contribution in [2.75, 3.05) is 31.2 Å². The van der Waals surface area contributed by atoms with Crippen molar-refractivity contribution in [2.45, 2.75) is 18.9 Å². The van der Waals surface area contributed by atoms with Crippen LogP contribution in [0.25, 0.3) is 0 Å². The quantitative estimate of drug-likeness (QED) is 0.434. The second-order valence-electron chi connectivity index (χ2n) is 6.62. The molecule has 30 heavy (non-hydrogen) atoms. The van der Waals surface area contributed by atoms with Crippen molar-refractivity contribution in [1.82, 2.24) is 14.3 Å². The van der Waals surface area contributed by atoms with E-state index in [9.17, 15) is 17.2 Å². The number of thiocarbonyl (C=S) groups is 1. The highest BCUT2D eigenvalue weighted by atomic mass is 32.2. The van der Waals surface area contributed by atoms with Crippen molar-refractivity contribution in [3.8, 4) is 5.75 Å². The van der Waals surface area contributed by atoms with E-state index < -0.39 is 21.8 Å². The Morgan fingerprint density at radius 1 is 1.33 bits per heavy atom. The predicted octanol–water partition coefficient (Wildman–Crippen LogP) is 1.19. The lowest BCUT2D eigenvalue weighted by Gasteiger charge is -2.30. The molecule has 5 N–H and O–H groups in total. The van der Waals surface area contributed by atoms with E-state index in [1.54, 1.807) is 0 Å². The number of piperidine rings is 1. The standard InChI is InChI=1S/C17H20F2N6O3S2/c1-28-12-3-2-11(18)14(19)13(12)15(29)10-8-22-17(24-16(10)20)23-9-4-6-25(7-5-9)30(21,26)27/h2-3,8-9H,4-7H2,1H3,(H2,21,26,27)(H3,20,22,23,24). The number of hydrogen-bond acceptors (Lipinski definition) is 8. The van der Waals surface area contributed by atoms with Crippen molar-refractivity contribution >= 4 is 39.1 Å². The fraction of sp³-hybridized carbons (Fsp3) is 0.353. The largest absolute Gasteiger partial charge is 0.496 e. The lowest BCUT2D eigenvalue weighted by Crippen LogP contribution is -2.45. The number of anilines is 2. The van der Waals surface area contributed by atoms with Crippen LogP contribution in [0.4, 0.5) is 20.5 Å². The molecule has 0 atom stereocenters. The second-order valence-corrected chi connectivity index (χ2v) is 8.58. The zero-order chi connectivity index (χ0) is 22.1. The summed E-state index contributed by atoms with van der Waals surface area (Å²) in [5.74, 6) is -1.98. The van der Waals surface area contributed by atoms with Gasteiger partial charge in [0.2, 0.25) is 5.95 Å². The fourth-order valence-electron chi connectivity index (χ4n) is 3.13. The molecule has 2 aromatic rings. The lowest BCUT2D eigenvalue weighted by atomic mass is 10.0. The normalized spacial score (nSPS) is 15.7. The molecule has 0 aliphatic carbocycles. The van der Waals surface area contributed by atoms with Crippen LogP contribution >= 0.6 is 12.2 Å². The summed E-state index contributed by atoms with van der Waals surface area (Å²) in [4.78, 5) is 8.21. The molecular weight excluding hydrogens is 438 g/mol. The van der Waals surface area contributed by atoms with Crippen molar-refractivity contribution in [3.63, 3.8) is 0 Å². The van der Waals surface area contributed by atoms with Crippen LogP contribution < -0.4 is 20.9 Å². The number of hydrogen-bond donors (Lipinski definition) is 3. The van der Waals surface area contributed by atoms with Crippen LogP contribution in [0.5, 0.6) is 5.75 Å². The number of aromatic nitrogens is 2. The van der Waals surface area contributed by atoms with Gasteiger partial charge in [0, 0.05) is 25.3 Å². The van der Waals surface area contributed by atoms with Crippen LogP contribution in [0.1, 0.15) is 24.0 Å². The molecule has 3 rings (SSSR count). The summed E-state index contributed by atoms with van der Waals surface area (Å²) in [6, 6.07) is 2.12. The summed E-state index contributed by atoms with van der Waals surface area (Å²) in [6.45, 7) is 0.541. The van der Waals surface area contributed by atoms with Crippen molar-refractivity contribution in [1.29, 1.82) is 0 Å². The smallest absolute Gasteiger partial charge is 0.276 e. The molecule has 1 aliphatic heterocycles. The topological polar surface area (TPSA) is 136 Å². The third kappa shape index (κ3) is 4.64. The summed E-state index contributed by atoms with van der Waals surface area (Å²) in [6.07, 6.45) is 2.33. The van der Waals surface area contributed by atoms with Gasteiger partial charge >= 0.3 is 0 Å². The molecule has 0 unspecified atom stereocenters. The Hall–Kier alpha value is -2.48. The molecule has 0 radical (unpaired) electrons. The number of benzene rings is 1. The zero-order valence-electron chi connectivity index (χ0n) is 15.9. The first kappa shape index (κ1) is 22.2. The van der Waals surface area contributed by atoms with Gasteiger partial charge in [-0.25, -0.2) is 18.9 Å². The predicted molar refractivity (Wildman–Crippen MR) is 111 cm³/mol. The number of methoxy groups -OCH3 is 1. The first-order valence-electron chi connectivity index (χ1n) is 8.85. The maximum Gasteiger partial charge on any atom is 0.276 e. The SMILES string of the molecule is COc1ccc(F)c(F)c1C(=S)c1cnc(NC2CCN(S(N)(=O)=O)CC2)nc1N. The van der Waals surface area contributed by atoms with Crippen molar-refractivity contribution in [3.05, 3.63) is 41.1 Å². The number of nitrogens with zero attached hydrogens (tertiary/aromatic N) is 3. The van der Waals surface area contributed by atoms with Crippen molar-refractivity contribution < 1.29 is 21.9 Å². The summed E-state index contributed by atoms with van der Waals surface area (Å²) in [7, 11) is -2.40. The highest BCUT2D eigenvalue weighted by Crippen LogP contribution is 2.28. The maximum atomic E-state index is 14.3. The molecule has 1 aliphatic rings. The highest BCUT2D eigenvalue weighted by Gasteiger charge is 2.26. The average Bonchev–Trinajstić information content (AvgIpc) is 2.69. The highest BCUT2D eigenvalue weighted by molar-refractivity contribution is 7.86. The molecule has 162 valence electrons. The molecule has 1 aromatic heterocycles. The van der Waals surface area contributed by atoms with Crippen LogP contribution in [0, 0.1) is 11.6 Å². The van der Waals surface area contributed by atoms with Crippen molar-refractivity contribution in [2.24, 2.45) is 5.14 Å². The number of nitrogen functional groups attached to an aromatic ring is 1. The van der Waals surface area contributed by atoms with Gasteiger partial charge < -0.3 is 15.8 Å². The van der Waals surface area contributed by atoms with Gasteiger partial charge in [-0.15, -0.1) is 0 Å². The summed E-state index contributed by atoms with van der Waals surface area (Å²) >= 11 is 5.29. The fourth-order valence-corrected chi connectivity index (χ4v) is 4.19. The van der Waals surface area contributed by atoms with E-state index in [1.807, 2.05) is 0 Å². The zero-order valence-corrected chi connectivity index (χ0v) is 17.6. The maximum absolute atomic E-state index is 14.3. The minimum atomic E-state index is -3.71. The molecule has 1 aromatic carbocycles. The lowest BCUT2D eigenvalue weighted by molar-refractivity contribution is 0.329. The minimum absolute atomic E-state index is 0.0230.